The van der Waals surface area contributed by atoms with Gasteiger partial charge in [-0.2, -0.15) is 0 Å². The van der Waals surface area contributed by atoms with Gasteiger partial charge in [-0.05, 0) is 36.8 Å². The molecule has 0 atom stereocenters. The summed E-state index contributed by atoms with van der Waals surface area (Å²) in [6.45, 7) is 1.98. The summed E-state index contributed by atoms with van der Waals surface area (Å²) < 4.78 is 16.0. The maximum Gasteiger partial charge on any atom is 0.148 e. The highest BCUT2D eigenvalue weighted by Gasteiger charge is 2.03. The van der Waals surface area contributed by atoms with Crippen LogP contribution >= 0.6 is 15.9 Å². The van der Waals surface area contributed by atoms with Crippen molar-refractivity contribution in [2.24, 2.45) is 0 Å². The smallest absolute Gasteiger partial charge is 0.148 e. The van der Waals surface area contributed by atoms with Crippen LogP contribution in [0.2, 0.25) is 0 Å². The second-order valence-corrected chi connectivity index (χ2v) is 4.11. The van der Waals surface area contributed by atoms with Crippen molar-refractivity contribution in [2.75, 3.05) is 0 Å². The molecular weight excluding hydrogens is 245 g/mol. The third kappa shape index (κ3) is 1.73. The highest BCUT2D eigenvalue weighted by Crippen LogP contribution is 2.19. The first-order chi connectivity index (χ1) is 6.66. The van der Waals surface area contributed by atoms with Gasteiger partial charge in [0.15, 0.2) is 0 Å². The molecule has 1 aromatic carbocycles. The van der Waals surface area contributed by atoms with E-state index in [1.54, 1.807) is 10.6 Å². The van der Waals surface area contributed by atoms with Crippen LogP contribution in [0.25, 0.3) is 5.69 Å². The number of nitrogens with zero attached hydrogens (tertiary/aromatic N) is 1. The molecule has 0 N–H and O–H groups in total. The number of hydrogen-bond acceptors (Lipinski definition) is 0. The number of aryl methyl sites for hydroxylation is 1. The van der Waals surface area contributed by atoms with Crippen LogP contribution < -0.4 is 0 Å². The van der Waals surface area contributed by atoms with Crippen LogP contribution in [-0.4, -0.2) is 4.57 Å². The zero-order valence-electron chi connectivity index (χ0n) is 7.67. The molecule has 0 aliphatic carbocycles. The van der Waals surface area contributed by atoms with E-state index in [-0.39, 0.29) is 5.82 Å². The standard InChI is InChI=1S/C11H9BrFN/c1-8-4-5-14(7-8)11-3-2-9(12)6-10(11)13/h2-7H,1H3. The van der Waals surface area contributed by atoms with E-state index >= 15 is 0 Å². The van der Waals surface area contributed by atoms with Crippen LogP contribution in [-0.2, 0) is 0 Å². The molecule has 0 bridgehead atoms. The highest BCUT2D eigenvalue weighted by atomic mass is 79.9. The Bertz CT molecular complexity index is 462. The number of benzene rings is 1. The average Bonchev–Trinajstić information content (AvgIpc) is 2.51. The number of aromatic nitrogens is 1. The molecule has 0 saturated heterocycles. The lowest BCUT2D eigenvalue weighted by Crippen LogP contribution is -1.93. The minimum absolute atomic E-state index is 0.227. The summed E-state index contributed by atoms with van der Waals surface area (Å²) in [4.78, 5) is 0. The van der Waals surface area contributed by atoms with Gasteiger partial charge in [-0.15, -0.1) is 0 Å². The fraction of sp³-hybridized carbons (Fsp3) is 0.0909. The van der Waals surface area contributed by atoms with E-state index in [0.717, 1.165) is 10.0 Å². The molecule has 0 amide bonds. The van der Waals surface area contributed by atoms with E-state index in [1.807, 2.05) is 31.5 Å². The summed E-state index contributed by atoms with van der Waals surface area (Å²) in [5.74, 6) is -0.227. The molecule has 0 aliphatic heterocycles. The lowest BCUT2D eigenvalue weighted by Gasteiger charge is -2.04. The largest absolute Gasteiger partial charge is 0.321 e. The Morgan fingerprint density at radius 2 is 2.07 bits per heavy atom. The van der Waals surface area contributed by atoms with Crippen molar-refractivity contribution in [1.29, 1.82) is 0 Å². The van der Waals surface area contributed by atoms with Crippen molar-refractivity contribution in [1.82, 2.24) is 4.57 Å². The van der Waals surface area contributed by atoms with Gasteiger partial charge < -0.3 is 4.57 Å². The lowest BCUT2D eigenvalue weighted by atomic mass is 10.3. The zero-order valence-corrected chi connectivity index (χ0v) is 9.25. The summed E-state index contributed by atoms with van der Waals surface area (Å²) >= 11 is 3.22. The first-order valence-corrected chi connectivity index (χ1v) is 5.06. The summed E-state index contributed by atoms with van der Waals surface area (Å²) in [6.07, 6.45) is 3.74. The number of hydrogen-bond donors (Lipinski definition) is 0. The monoisotopic (exact) mass is 253 g/mol. The fourth-order valence-electron chi connectivity index (χ4n) is 1.34. The van der Waals surface area contributed by atoms with Gasteiger partial charge >= 0.3 is 0 Å². The van der Waals surface area contributed by atoms with E-state index in [1.165, 1.54) is 6.07 Å². The predicted molar refractivity (Wildman–Crippen MR) is 58.2 cm³/mol. The van der Waals surface area contributed by atoms with Gasteiger partial charge in [0.2, 0.25) is 0 Å². The first kappa shape index (κ1) is 9.46. The average molecular weight is 254 g/mol. The second kappa shape index (κ2) is 3.58. The minimum Gasteiger partial charge on any atom is -0.321 e. The normalized spacial score (nSPS) is 10.5. The van der Waals surface area contributed by atoms with Gasteiger partial charge in [0.05, 0.1) is 5.69 Å². The third-order valence-electron chi connectivity index (χ3n) is 2.03. The Hall–Kier alpha value is -1.09. The van der Waals surface area contributed by atoms with E-state index in [2.05, 4.69) is 15.9 Å². The van der Waals surface area contributed by atoms with E-state index in [0.29, 0.717) is 5.69 Å². The maximum atomic E-state index is 13.5. The van der Waals surface area contributed by atoms with Gasteiger partial charge in [-0.25, -0.2) is 4.39 Å². The molecule has 0 spiro atoms. The van der Waals surface area contributed by atoms with E-state index < -0.39 is 0 Å². The van der Waals surface area contributed by atoms with Crippen LogP contribution in [0.3, 0.4) is 0 Å². The van der Waals surface area contributed by atoms with Crippen molar-refractivity contribution in [2.45, 2.75) is 6.92 Å². The maximum absolute atomic E-state index is 13.5. The van der Waals surface area contributed by atoms with E-state index in [4.69, 9.17) is 0 Å². The molecule has 72 valence electrons. The van der Waals surface area contributed by atoms with Crippen molar-refractivity contribution in [3.63, 3.8) is 0 Å². The quantitative estimate of drug-likeness (QED) is 0.731. The lowest BCUT2D eigenvalue weighted by molar-refractivity contribution is 0.617. The number of rotatable bonds is 1. The molecule has 0 aliphatic rings. The van der Waals surface area contributed by atoms with Crippen molar-refractivity contribution in [3.05, 3.63) is 52.5 Å². The minimum atomic E-state index is -0.227. The molecule has 1 aromatic heterocycles. The first-order valence-electron chi connectivity index (χ1n) is 4.27. The molecule has 3 heteroatoms. The highest BCUT2D eigenvalue weighted by molar-refractivity contribution is 9.10. The Morgan fingerprint density at radius 1 is 1.29 bits per heavy atom. The van der Waals surface area contributed by atoms with E-state index in [9.17, 15) is 4.39 Å². The SMILES string of the molecule is Cc1ccn(-c2ccc(Br)cc2F)c1. The molecule has 2 rings (SSSR count). The van der Waals surface area contributed by atoms with Gasteiger partial charge in [-0.1, -0.05) is 15.9 Å². The molecule has 0 fully saturated rings. The number of halogens is 2. The van der Waals surface area contributed by atoms with Gasteiger partial charge in [0, 0.05) is 16.9 Å². The molecular formula is C11H9BrFN. The summed E-state index contributed by atoms with van der Waals surface area (Å²) in [7, 11) is 0. The third-order valence-corrected chi connectivity index (χ3v) is 2.52. The molecule has 2 aromatic rings. The van der Waals surface area contributed by atoms with Crippen LogP contribution in [0.1, 0.15) is 5.56 Å². The van der Waals surface area contributed by atoms with Gasteiger partial charge in [0.1, 0.15) is 5.82 Å². The molecule has 0 unspecified atom stereocenters. The summed E-state index contributed by atoms with van der Waals surface area (Å²) in [5, 5.41) is 0. The Balaban J connectivity index is 2.52. The molecule has 0 saturated carbocycles. The Morgan fingerprint density at radius 3 is 2.64 bits per heavy atom. The molecule has 1 nitrogen and oxygen atoms in total. The Labute approximate surface area is 90.3 Å². The van der Waals surface area contributed by atoms with Crippen molar-refractivity contribution < 1.29 is 4.39 Å². The van der Waals surface area contributed by atoms with Crippen LogP contribution in [0, 0.1) is 12.7 Å². The van der Waals surface area contributed by atoms with Gasteiger partial charge in [0.25, 0.3) is 0 Å². The predicted octanol–water partition coefficient (Wildman–Crippen LogP) is 3.69. The fourth-order valence-corrected chi connectivity index (χ4v) is 1.68. The zero-order chi connectivity index (χ0) is 10.1. The van der Waals surface area contributed by atoms with Crippen molar-refractivity contribution >= 4 is 15.9 Å². The van der Waals surface area contributed by atoms with Crippen LogP contribution in [0.4, 0.5) is 4.39 Å². The molecule has 1 heterocycles. The van der Waals surface area contributed by atoms with Crippen LogP contribution in [0.15, 0.2) is 41.1 Å². The van der Waals surface area contributed by atoms with Crippen molar-refractivity contribution in [3.8, 4) is 5.69 Å². The topological polar surface area (TPSA) is 4.93 Å². The van der Waals surface area contributed by atoms with Crippen LogP contribution in [0.5, 0.6) is 0 Å². The molecule has 0 radical (unpaired) electrons. The summed E-state index contributed by atoms with van der Waals surface area (Å²) in [6, 6.07) is 6.98. The molecule has 14 heavy (non-hydrogen) atoms. The second-order valence-electron chi connectivity index (χ2n) is 3.19. The Kier molecular flexibility index (Phi) is 2.42. The van der Waals surface area contributed by atoms with Gasteiger partial charge in [-0.3, -0.25) is 0 Å². The summed E-state index contributed by atoms with van der Waals surface area (Å²) in [5.41, 5.74) is 1.69.